The zero-order chi connectivity index (χ0) is 15.2. The van der Waals surface area contributed by atoms with Gasteiger partial charge in [0.05, 0.1) is 0 Å². The van der Waals surface area contributed by atoms with Crippen LogP contribution in [0.3, 0.4) is 0 Å². The summed E-state index contributed by atoms with van der Waals surface area (Å²) in [4.78, 5) is 14.3. The van der Waals surface area contributed by atoms with Crippen molar-refractivity contribution in [3.63, 3.8) is 0 Å². The zero-order valence-electron chi connectivity index (χ0n) is 12.7. The van der Waals surface area contributed by atoms with Crippen LogP contribution in [0.2, 0.25) is 5.02 Å². The molecule has 1 aliphatic heterocycles. The molecule has 1 aliphatic rings. The van der Waals surface area contributed by atoms with Crippen molar-refractivity contribution in [2.24, 2.45) is 0 Å². The third-order valence-electron chi connectivity index (χ3n) is 3.94. The van der Waals surface area contributed by atoms with E-state index in [0.29, 0.717) is 23.4 Å². The lowest BCUT2D eigenvalue weighted by Crippen LogP contribution is -2.41. The van der Waals surface area contributed by atoms with Crippen molar-refractivity contribution >= 4 is 17.5 Å². The minimum Gasteiger partial charge on any atom is -0.484 e. The molecule has 1 saturated heterocycles. The van der Waals surface area contributed by atoms with Crippen molar-refractivity contribution in [1.29, 1.82) is 0 Å². The maximum absolute atomic E-state index is 11.9. The highest BCUT2D eigenvalue weighted by Crippen LogP contribution is 2.21. The quantitative estimate of drug-likeness (QED) is 0.878. The zero-order valence-corrected chi connectivity index (χ0v) is 13.4. The standard InChI is InChI=1S/C16H23ClN2O2/c1-3-19-8-4-5-14(19)10-18-16(20)11-21-15-7-6-13(17)9-12(15)2/h6-7,9,14H,3-5,8,10-11H2,1-2H3,(H,18,20)/t14-/m1/s1. The van der Waals surface area contributed by atoms with Gasteiger partial charge < -0.3 is 10.1 Å². The Kier molecular flexibility index (Phi) is 5.88. The number of likely N-dealkylation sites (N-methyl/N-ethyl adjacent to an activating group) is 1. The molecule has 0 aromatic heterocycles. The van der Waals surface area contributed by atoms with Crippen LogP contribution in [-0.2, 0) is 4.79 Å². The van der Waals surface area contributed by atoms with Crippen molar-refractivity contribution in [3.8, 4) is 5.75 Å². The van der Waals surface area contributed by atoms with Gasteiger partial charge in [-0.2, -0.15) is 0 Å². The molecule has 0 radical (unpaired) electrons. The van der Waals surface area contributed by atoms with Crippen molar-refractivity contribution in [3.05, 3.63) is 28.8 Å². The second kappa shape index (κ2) is 7.66. The molecule has 1 fully saturated rings. The number of nitrogens with zero attached hydrogens (tertiary/aromatic N) is 1. The smallest absolute Gasteiger partial charge is 0.257 e. The van der Waals surface area contributed by atoms with Gasteiger partial charge in [0.15, 0.2) is 6.61 Å². The Morgan fingerprint density at radius 2 is 2.33 bits per heavy atom. The summed E-state index contributed by atoms with van der Waals surface area (Å²) in [5, 5.41) is 3.63. The molecule has 1 aromatic rings. The van der Waals surface area contributed by atoms with Crippen LogP contribution in [0.5, 0.6) is 5.75 Å². The first-order valence-electron chi connectivity index (χ1n) is 7.50. The maximum atomic E-state index is 11.9. The van der Waals surface area contributed by atoms with Crippen LogP contribution in [0.1, 0.15) is 25.3 Å². The summed E-state index contributed by atoms with van der Waals surface area (Å²) >= 11 is 5.89. The van der Waals surface area contributed by atoms with E-state index in [1.807, 2.05) is 13.0 Å². The number of nitrogens with one attached hydrogen (secondary N) is 1. The van der Waals surface area contributed by atoms with Gasteiger partial charge in [-0.3, -0.25) is 9.69 Å². The number of benzene rings is 1. The third-order valence-corrected chi connectivity index (χ3v) is 4.17. The summed E-state index contributed by atoms with van der Waals surface area (Å²) in [6.45, 7) is 7.00. The largest absolute Gasteiger partial charge is 0.484 e. The van der Waals surface area contributed by atoms with Crippen LogP contribution in [-0.4, -0.2) is 43.1 Å². The lowest BCUT2D eigenvalue weighted by molar-refractivity contribution is -0.123. The Morgan fingerprint density at radius 3 is 3.05 bits per heavy atom. The third kappa shape index (κ3) is 4.61. The highest BCUT2D eigenvalue weighted by Gasteiger charge is 2.23. The number of hydrogen-bond donors (Lipinski definition) is 1. The molecule has 1 atom stereocenters. The normalized spacial score (nSPS) is 18.7. The number of hydrogen-bond acceptors (Lipinski definition) is 3. The monoisotopic (exact) mass is 310 g/mol. The number of carbonyl (C=O) groups excluding carboxylic acids is 1. The van der Waals surface area contributed by atoms with Gasteiger partial charge in [-0.15, -0.1) is 0 Å². The molecule has 116 valence electrons. The van der Waals surface area contributed by atoms with Crippen LogP contribution in [0.4, 0.5) is 0 Å². The van der Waals surface area contributed by atoms with Crippen LogP contribution in [0.25, 0.3) is 0 Å². The fraction of sp³-hybridized carbons (Fsp3) is 0.562. The van der Waals surface area contributed by atoms with Gasteiger partial charge >= 0.3 is 0 Å². The molecule has 1 N–H and O–H groups in total. The van der Waals surface area contributed by atoms with E-state index in [1.165, 1.54) is 6.42 Å². The van der Waals surface area contributed by atoms with Gasteiger partial charge in [-0.1, -0.05) is 18.5 Å². The molecule has 1 aromatic carbocycles. The fourth-order valence-corrected chi connectivity index (χ4v) is 2.97. The first-order chi connectivity index (χ1) is 10.1. The van der Waals surface area contributed by atoms with Crippen LogP contribution >= 0.6 is 11.6 Å². The number of likely N-dealkylation sites (tertiary alicyclic amines) is 1. The van der Waals surface area contributed by atoms with E-state index >= 15 is 0 Å². The molecule has 0 saturated carbocycles. The molecular formula is C16H23ClN2O2. The molecule has 4 nitrogen and oxygen atoms in total. The second-order valence-corrected chi connectivity index (χ2v) is 5.86. The number of halogens is 1. The Labute approximate surface area is 131 Å². The average molecular weight is 311 g/mol. The van der Waals surface area contributed by atoms with E-state index in [-0.39, 0.29) is 12.5 Å². The highest BCUT2D eigenvalue weighted by atomic mass is 35.5. The minimum atomic E-state index is -0.0766. The summed E-state index contributed by atoms with van der Waals surface area (Å²) in [6, 6.07) is 5.85. The van der Waals surface area contributed by atoms with Gasteiger partial charge in [-0.05, 0) is 56.6 Å². The summed E-state index contributed by atoms with van der Waals surface area (Å²) in [6.07, 6.45) is 2.38. The van der Waals surface area contributed by atoms with Crippen LogP contribution in [0, 0.1) is 6.92 Å². The lowest BCUT2D eigenvalue weighted by atomic mass is 10.2. The number of ether oxygens (including phenoxy) is 1. The van der Waals surface area contributed by atoms with E-state index in [2.05, 4.69) is 17.1 Å². The van der Waals surface area contributed by atoms with Crippen LogP contribution < -0.4 is 10.1 Å². The van der Waals surface area contributed by atoms with E-state index in [9.17, 15) is 4.79 Å². The van der Waals surface area contributed by atoms with Gasteiger partial charge in [0.1, 0.15) is 5.75 Å². The Hall–Kier alpha value is -1.26. The topological polar surface area (TPSA) is 41.6 Å². The van der Waals surface area contributed by atoms with Crippen LogP contribution in [0.15, 0.2) is 18.2 Å². The molecule has 5 heteroatoms. The Bertz CT molecular complexity index is 493. The van der Waals surface area contributed by atoms with Crippen molar-refractivity contribution in [1.82, 2.24) is 10.2 Å². The molecule has 21 heavy (non-hydrogen) atoms. The predicted octanol–water partition coefficient (Wildman–Crippen LogP) is 2.63. The molecule has 0 unspecified atom stereocenters. The van der Waals surface area contributed by atoms with Gasteiger partial charge in [0, 0.05) is 17.6 Å². The fourth-order valence-electron chi connectivity index (χ4n) is 2.74. The Morgan fingerprint density at radius 1 is 1.52 bits per heavy atom. The minimum absolute atomic E-state index is 0.0430. The molecule has 2 rings (SSSR count). The first-order valence-corrected chi connectivity index (χ1v) is 7.87. The van der Waals surface area contributed by atoms with Crippen molar-refractivity contribution in [2.75, 3.05) is 26.2 Å². The van der Waals surface area contributed by atoms with E-state index in [4.69, 9.17) is 16.3 Å². The molecular weight excluding hydrogens is 288 g/mol. The molecule has 0 aliphatic carbocycles. The summed E-state index contributed by atoms with van der Waals surface area (Å²) in [5.41, 5.74) is 0.934. The number of amides is 1. The average Bonchev–Trinajstić information content (AvgIpc) is 2.91. The van der Waals surface area contributed by atoms with Gasteiger partial charge in [0.2, 0.25) is 0 Å². The van der Waals surface area contributed by atoms with E-state index < -0.39 is 0 Å². The number of carbonyl (C=O) groups is 1. The first kappa shape index (κ1) is 16.1. The predicted molar refractivity (Wildman–Crippen MR) is 85.0 cm³/mol. The summed E-state index contributed by atoms with van der Waals surface area (Å²) in [5.74, 6) is 0.623. The van der Waals surface area contributed by atoms with Crippen molar-refractivity contribution < 1.29 is 9.53 Å². The Balaban J connectivity index is 1.74. The maximum Gasteiger partial charge on any atom is 0.257 e. The van der Waals surface area contributed by atoms with Crippen molar-refractivity contribution in [2.45, 2.75) is 32.7 Å². The second-order valence-electron chi connectivity index (χ2n) is 5.43. The molecule has 0 spiro atoms. The summed E-state index contributed by atoms with van der Waals surface area (Å²) in [7, 11) is 0. The number of aryl methyl sites for hydroxylation is 1. The molecule has 0 bridgehead atoms. The summed E-state index contributed by atoms with van der Waals surface area (Å²) < 4.78 is 5.54. The van der Waals surface area contributed by atoms with Gasteiger partial charge in [-0.25, -0.2) is 0 Å². The highest BCUT2D eigenvalue weighted by molar-refractivity contribution is 6.30. The lowest BCUT2D eigenvalue weighted by Gasteiger charge is -2.22. The SMILES string of the molecule is CCN1CCC[C@@H]1CNC(=O)COc1ccc(Cl)cc1C. The van der Waals surface area contributed by atoms with E-state index in [1.54, 1.807) is 12.1 Å². The number of rotatable bonds is 6. The van der Waals surface area contributed by atoms with Gasteiger partial charge in [0.25, 0.3) is 5.91 Å². The van der Waals surface area contributed by atoms with E-state index in [0.717, 1.165) is 25.1 Å². The molecule has 1 amide bonds. The molecule has 1 heterocycles.